The van der Waals surface area contributed by atoms with Crippen LogP contribution in [0.4, 0.5) is 0 Å². The summed E-state index contributed by atoms with van der Waals surface area (Å²) in [6, 6.07) is 0. The van der Waals surface area contributed by atoms with Crippen molar-refractivity contribution >= 4 is 11.9 Å². The van der Waals surface area contributed by atoms with Crippen LogP contribution < -0.4 is 0 Å². The maximum Gasteiger partial charge on any atom is 0.336 e. The van der Waals surface area contributed by atoms with Crippen LogP contribution in [0.5, 0.6) is 0 Å². The first-order chi connectivity index (χ1) is 4.95. The molecule has 0 rings (SSSR count). The molecular formula is C7H8O4. The van der Waals surface area contributed by atoms with Crippen LogP contribution in [0.25, 0.3) is 0 Å². The van der Waals surface area contributed by atoms with Crippen molar-refractivity contribution in [2.75, 3.05) is 0 Å². The Bertz CT molecular complexity index is 221. The van der Waals surface area contributed by atoms with Gasteiger partial charge in [-0.25, -0.2) is 9.59 Å². The van der Waals surface area contributed by atoms with Gasteiger partial charge in [-0.2, -0.15) is 0 Å². The van der Waals surface area contributed by atoms with Crippen molar-refractivity contribution in [2.45, 2.75) is 6.92 Å². The summed E-state index contributed by atoms with van der Waals surface area (Å²) in [5.74, 6) is -2.56. The Morgan fingerprint density at radius 3 is 1.91 bits per heavy atom. The third-order valence-electron chi connectivity index (χ3n) is 0.958. The third kappa shape index (κ3) is 3.20. The van der Waals surface area contributed by atoms with Crippen molar-refractivity contribution in [3.63, 3.8) is 0 Å². The second-order valence-electron chi connectivity index (χ2n) is 1.98. The molecular weight excluding hydrogens is 148 g/mol. The van der Waals surface area contributed by atoms with Gasteiger partial charge in [0.15, 0.2) is 0 Å². The van der Waals surface area contributed by atoms with E-state index in [1.165, 1.54) is 6.92 Å². The summed E-state index contributed by atoms with van der Waals surface area (Å²) in [7, 11) is 0. The standard InChI is InChI=1S/C7H8O4/c1-4(2)5(7(10)11)3-6(8)9/h3H,1H2,2H3,(H,8,9)(H,10,11)/b5-3-. The molecule has 0 amide bonds. The Morgan fingerprint density at radius 1 is 1.36 bits per heavy atom. The topological polar surface area (TPSA) is 74.6 Å². The van der Waals surface area contributed by atoms with E-state index in [9.17, 15) is 9.59 Å². The van der Waals surface area contributed by atoms with E-state index >= 15 is 0 Å². The average Bonchev–Trinajstić information content (AvgIpc) is 1.81. The second kappa shape index (κ2) is 3.55. The lowest BCUT2D eigenvalue weighted by molar-refractivity contribution is -0.134. The lowest BCUT2D eigenvalue weighted by atomic mass is 10.1. The minimum atomic E-state index is -1.29. The minimum absolute atomic E-state index is 0.222. The predicted octanol–water partition coefficient (Wildman–Crippen LogP) is 0.658. The van der Waals surface area contributed by atoms with E-state index in [1.54, 1.807) is 0 Å². The first-order valence-corrected chi connectivity index (χ1v) is 2.79. The van der Waals surface area contributed by atoms with Gasteiger partial charge in [-0.05, 0) is 12.5 Å². The summed E-state index contributed by atoms with van der Waals surface area (Å²) >= 11 is 0. The Balaban J connectivity index is 4.75. The normalized spacial score (nSPS) is 10.8. The molecule has 0 spiro atoms. The predicted molar refractivity (Wildman–Crippen MR) is 38.2 cm³/mol. The summed E-state index contributed by atoms with van der Waals surface area (Å²) in [5.41, 5.74) is -0.0580. The lowest BCUT2D eigenvalue weighted by Gasteiger charge is -1.96. The Hall–Kier alpha value is -1.58. The summed E-state index contributed by atoms with van der Waals surface area (Å²) in [6.07, 6.45) is 0.616. The molecule has 4 nitrogen and oxygen atoms in total. The molecule has 11 heavy (non-hydrogen) atoms. The molecule has 60 valence electrons. The molecule has 0 aliphatic heterocycles. The smallest absolute Gasteiger partial charge is 0.336 e. The second-order valence-corrected chi connectivity index (χ2v) is 1.98. The zero-order valence-electron chi connectivity index (χ0n) is 6.00. The maximum absolute atomic E-state index is 10.3. The summed E-state index contributed by atoms with van der Waals surface area (Å²) in [4.78, 5) is 20.3. The molecule has 0 fully saturated rings. The molecule has 0 aliphatic carbocycles. The quantitative estimate of drug-likeness (QED) is 0.465. The van der Waals surface area contributed by atoms with Crippen molar-refractivity contribution in [3.05, 3.63) is 23.8 Å². The van der Waals surface area contributed by atoms with Crippen LogP contribution in [0.1, 0.15) is 6.92 Å². The monoisotopic (exact) mass is 156 g/mol. The van der Waals surface area contributed by atoms with Crippen LogP contribution in [-0.4, -0.2) is 22.2 Å². The molecule has 0 saturated heterocycles. The lowest BCUT2D eigenvalue weighted by Crippen LogP contribution is -2.04. The number of carboxylic acids is 2. The van der Waals surface area contributed by atoms with Crippen molar-refractivity contribution < 1.29 is 19.8 Å². The van der Waals surface area contributed by atoms with Crippen molar-refractivity contribution in [1.29, 1.82) is 0 Å². The number of hydrogen-bond donors (Lipinski definition) is 2. The van der Waals surface area contributed by atoms with E-state index in [2.05, 4.69) is 6.58 Å². The first-order valence-electron chi connectivity index (χ1n) is 2.79. The van der Waals surface area contributed by atoms with E-state index in [0.717, 1.165) is 0 Å². The molecule has 2 N–H and O–H groups in total. The van der Waals surface area contributed by atoms with Gasteiger partial charge in [-0.3, -0.25) is 0 Å². The van der Waals surface area contributed by atoms with Crippen molar-refractivity contribution in [1.82, 2.24) is 0 Å². The number of rotatable bonds is 3. The fourth-order valence-electron chi connectivity index (χ4n) is 0.491. The van der Waals surface area contributed by atoms with Gasteiger partial charge in [-0.1, -0.05) is 6.58 Å². The highest BCUT2D eigenvalue weighted by molar-refractivity contribution is 5.98. The number of aliphatic carboxylic acids is 2. The first kappa shape index (κ1) is 9.42. The van der Waals surface area contributed by atoms with Crippen LogP contribution in [-0.2, 0) is 9.59 Å². The van der Waals surface area contributed by atoms with Crippen LogP contribution in [0.15, 0.2) is 23.8 Å². The highest BCUT2D eigenvalue weighted by atomic mass is 16.4. The molecule has 0 bridgehead atoms. The molecule has 4 heteroatoms. The van der Waals surface area contributed by atoms with E-state index in [4.69, 9.17) is 10.2 Å². The molecule has 0 radical (unpaired) electrons. The van der Waals surface area contributed by atoms with Crippen LogP contribution in [0.2, 0.25) is 0 Å². The zero-order chi connectivity index (χ0) is 9.02. The van der Waals surface area contributed by atoms with Crippen LogP contribution in [0, 0.1) is 0 Å². The van der Waals surface area contributed by atoms with Gasteiger partial charge in [0.25, 0.3) is 0 Å². The molecule has 0 aromatic rings. The third-order valence-corrected chi connectivity index (χ3v) is 0.958. The number of carboxylic acid groups (broad SMARTS) is 2. The van der Waals surface area contributed by atoms with E-state index in [0.29, 0.717) is 6.08 Å². The van der Waals surface area contributed by atoms with E-state index in [-0.39, 0.29) is 11.1 Å². The van der Waals surface area contributed by atoms with Gasteiger partial charge < -0.3 is 10.2 Å². The summed E-state index contributed by atoms with van der Waals surface area (Å²) in [5, 5.41) is 16.6. The van der Waals surface area contributed by atoms with Gasteiger partial charge in [0.05, 0.1) is 5.57 Å². The Morgan fingerprint density at radius 2 is 1.82 bits per heavy atom. The fraction of sp³-hybridized carbons (Fsp3) is 0.143. The maximum atomic E-state index is 10.3. The molecule has 0 saturated carbocycles. The van der Waals surface area contributed by atoms with Crippen molar-refractivity contribution in [3.8, 4) is 0 Å². The molecule has 0 unspecified atom stereocenters. The molecule has 0 aromatic carbocycles. The summed E-state index contributed by atoms with van der Waals surface area (Å²) in [6.45, 7) is 4.75. The SMILES string of the molecule is C=C(C)/C(=C/C(=O)O)C(=O)O. The molecule has 0 aromatic heterocycles. The molecule has 0 atom stereocenters. The summed E-state index contributed by atoms with van der Waals surface area (Å²) < 4.78 is 0. The van der Waals surface area contributed by atoms with Gasteiger partial charge in [-0.15, -0.1) is 0 Å². The average molecular weight is 156 g/mol. The van der Waals surface area contributed by atoms with Crippen LogP contribution in [0.3, 0.4) is 0 Å². The van der Waals surface area contributed by atoms with Gasteiger partial charge in [0.2, 0.25) is 0 Å². The van der Waals surface area contributed by atoms with E-state index in [1.807, 2.05) is 0 Å². The largest absolute Gasteiger partial charge is 0.478 e. The molecule has 0 aliphatic rings. The van der Waals surface area contributed by atoms with Crippen molar-refractivity contribution in [2.24, 2.45) is 0 Å². The number of carbonyl (C=O) groups is 2. The van der Waals surface area contributed by atoms with Gasteiger partial charge >= 0.3 is 11.9 Å². The Kier molecular flexibility index (Phi) is 3.04. The van der Waals surface area contributed by atoms with Gasteiger partial charge in [0, 0.05) is 6.08 Å². The fourth-order valence-corrected chi connectivity index (χ4v) is 0.491. The highest BCUT2D eigenvalue weighted by Crippen LogP contribution is 2.05. The zero-order valence-corrected chi connectivity index (χ0v) is 6.00. The minimum Gasteiger partial charge on any atom is -0.478 e. The van der Waals surface area contributed by atoms with Crippen LogP contribution >= 0.6 is 0 Å². The van der Waals surface area contributed by atoms with Gasteiger partial charge in [0.1, 0.15) is 0 Å². The van der Waals surface area contributed by atoms with E-state index < -0.39 is 11.9 Å². The Labute approximate surface area is 63.5 Å². The molecule has 0 heterocycles. The number of hydrogen-bond acceptors (Lipinski definition) is 2. The highest BCUT2D eigenvalue weighted by Gasteiger charge is 2.08.